The predicted octanol–water partition coefficient (Wildman–Crippen LogP) is 4.44. The molecule has 2 aromatic rings. The van der Waals surface area contributed by atoms with Crippen molar-refractivity contribution in [2.24, 2.45) is 0 Å². The molecule has 18 heavy (non-hydrogen) atoms. The molecule has 1 nitrogen and oxygen atoms in total. The summed E-state index contributed by atoms with van der Waals surface area (Å²) in [5.74, 6) is 0. The van der Waals surface area contributed by atoms with Crippen LogP contribution in [0, 0.1) is 0 Å². The number of halogens is 3. The molecular weight excluding hydrogens is 258 g/mol. The maximum Gasteiger partial charge on any atom is 0.264 e. The van der Waals surface area contributed by atoms with Crippen LogP contribution in [0.5, 0.6) is 0 Å². The van der Waals surface area contributed by atoms with Gasteiger partial charge in [0.2, 0.25) is 0 Å². The topological polar surface area (TPSA) is 20.2 Å². The predicted molar refractivity (Wildman–Crippen MR) is 67.8 cm³/mol. The number of hydrogen-bond acceptors (Lipinski definition) is 1. The molecule has 0 fully saturated rings. The summed E-state index contributed by atoms with van der Waals surface area (Å²) in [6.45, 7) is -0.261. The zero-order chi connectivity index (χ0) is 13.1. The van der Waals surface area contributed by atoms with Crippen molar-refractivity contribution in [2.75, 3.05) is 0 Å². The van der Waals surface area contributed by atoms with Crippen LogP contribution >= 0.6 is 11.6 Å². The number of benzene rings is 2. The molecule has 0 heterocycles. The van der Waals surface area contributed by atoms with Gasteiger partial charge in [-0.05, 0) is 23.3 Å². The molecule has 0 bridgehead atoms. The quantitative estimate of drug-likeness (QED) is 0.873. The van der Waals surface area contributed by atoms with Crippen LogP contribution in [0.1, 0.15) is 17.6 Å². The van der Waals surface area contributed by atoms with Gasteiger partial charge in [-0.15, -0.1) is 0 Å². The Labute approximate surface area is 109 Å². The van der Waals surface area contributed by atoms with Crippen molar-refractivity contribution in [1.82, 2.24) is 0 Å². The third-order valence-electron chi connectivity index (χ3n) is 2.70. The van der Waals surface area contributed by atoms with Crippen molar-refractivity contribution in [1.29, 1.82) is 0 Å². The molecule has 0 unspecified atom stereocenters. The van der Waals surface area contributed by atoms with E-state index in [1.54, 1.807) is 36.4 Å². The number of hydrogen-bond donors (Lipinski definition) is 1. The smallest absolute Gasteiger partial charge is 0.264 e. The summed E-state index contributed by atoms with van der Waals surface area (Å²) in [7, 11) is 0. The van der Waals surface area contributed by atoms with Gasteiger partial charge in [0.15, 0.2) is 0 Å². The largest absolute Gasteiger partial charge is 0.392 e. The summed E-state index contributed by atoms with van der Waals surface area (Å²) in [6, 6.07) is 11.3. The van der Waals surface area contributed by atoms with Gasteiger partial charge in [0, 0.05) is 16.1 Å². The molecule has 4 heteroatoms. The number of aliphatic hydroxyl groups is 1. The minimum atomic E-state index is -2.61. The zero-order valence-electron chi connectivity index (χ0n) is 9.41. The van der Waals surface area contributed by atoms with Crippen LogP contribution in [0.3, 0.4) is 0 Å². The molecular formula is C14H11ClF2O. The number of aliphatic hydroxyl groups excluding tert-OH is 1. The van der Waals surface area contributed by atoms with Gasteiger partial charge >= 0.3 is 0 Å². The lowest BCUT2D eigenvalue weighted by Crippen LogP contribution is -1.94. The molecule has 0 spiro atoms. The molecule has 94 valence electrons. The van der Waals surface area contributed by atoms with Gasteiger partial charge in [-0.1, -0.05) is 41.9 Å². The fourth-order valence-electron chi connectivity index (χ4n) is 1.82. The first kappa shape index (κ1) is 13.0. The fraction of sp³-hybridized carbons (Fsp3) is 0.143. The van der Waals surface area contributed by atoms with E-state index in [0.717, 1.165) is 0 Å². The van der Waals surface area contributed by atoms with Crippen molar-refractivity contribution in [3.8, 4) is 11.1 Å². The fourth-order valence-corrected chi connectivity index (χ4v) is 2.05. The molecule has 2 rings (SSSR count). The standard InChI is InChI=1S/C14H11ClF2O/c15-13-4-2-1-3-11(13)10-6-5-9(8-18)7-12(10)14(16)17/h1-7,14,18H,8H2. The molecule has 0 aromatic heterocycles. The summed E-state index contributed by atoms with van der Waals surface area (Å²) in [6.07, 6.45) is -2.61. The van der Waals surface area contributed by atoms with E-state index in [1.807, 2.05) is 0 Å². The lowest BCUT2D eigenvalue weighted by atomic mass is 9.98. The Balaban J connectivity index is 2.60. The zero-order valence-corrected chi connectivity index (χ0v) is 10.2. The normalized spacial score (nSPS) is 10.9. The Morgan fingerprint density at radius 1 is 1.06 bits per heavy atom. The van der Waals surface area contributed by atoms with Gasteiger partial charge in [-0.2, -0.15) is 0 Å². The van der Waals surface area contributed by atoms with Crippen molar-refractivity contribution in [2.45, 2.75) is 13.0 Å². The van der Waals surface area contributed by atoms with Gasteiger partial charge in [-0.25, -0.2) is 8.78 Å². The molecule has 1 N–H and O–H groups in total. The van der Waals surface area contributed by atoms with Gasteiger partial charge in [0.1, 0.15) is 0 Å². The van der Waals surface area contributed by atoms with Crippen molar-refractivity contribution < 1.29 is 13.9 Å². The lowest BCUT2D eigenvalue weighted by molar-refractivity contribution is 0.151. The van der Waals surface area contributed by atoms with E-state index in [0.29, 0.717) is 21.7 Å². The molecule has 0 aliphatic heterocycles. The molecule has 0 radical (unpaired) electrons. The van der Waals surface area contributed by atoms with Crippen LogP contribution in [0.4, 0.5) is 8.78 Å². The van der Waals surface area contributed by atoms with Crippen LogP contribution < -0.4 is 0 Å². The molecule has 0 saturated heterocycles. The average Bonchev–Trinajstić information content (AvgIpc) is 2.38. The van der Waals surface area contributed by atoms with Crippen molar-refractivity contribution in [3.63, 3.8) is 0 Å². The first-order valence-corrected chi connectivity index (χ1v) is 5.78. The SMILES string of the molecule is OCc1ccc(-c2ccccc2Cl)c(C(F)F)c1. The first-order valence-electron chi connectivity index (χ1n) is 5.40. The second-order valence-electron chi connectivity index (χ2n) is 3.86. The molecule has 0 saturated carbocycles. The number of rotatable bonds is 3. The lowest BCUT2D eigenvalue weighted by Gasteiger charge is -2.12. The third kappa shape index (κ3) is 2.52. The van der Waals surface area contributed by atoms with Crippen LogP contribution in [0.25, 0.3) is 11.1 Å². The van der Waals surface area contributed by atoms with Gasteiger partial charge in [0.25, 0.3) is 6.43 Å². The first-order chi connectivity index (χ1) is 8.63. The van der Waals surface area contributed by atoms with Gasteiger partial charge in [0.05, 0.1) is 6.61 Å². The van der Waals surface area contributed by atoms with E-state index in [1.165, 1.54) is 6.07 Å². The van der Waals surface area contributed by atoms with E-state index in [4.69, 9.17) is 16.7 Å². The Hall–Kier alpha value is -1.45. The molecule has 0 atom stereocenters. The second kappa shape index (κ2) is 5.46. The highest BCUT2D eigenvalue weighted by Gasteiger charge is 2.16. The summed E-state index contributed by atoms with van der Waals surface area (Å²) >= 11 is 6.01. The summed E-state index contributed by atoms with van der Waals surface area (Å²) < 4.78 is 26.1. The minimum absolute atomic E-state index is 0.116. The molecule has 2 aromatic carbocycles. The van der Waals surface area contributed by atoms with E-state index < -0.39 is 6.43 Å². The maximum absolute atomic E-state index is 13.0. The average molecular weight is 269 g/mol. The van der Waals surface area contributed by atoms with E-state index in [9.17, 15) is 8.78 Å². The van der Waals surface area contributed by atoms with Crippen LogP contribution in [-0.2, 0) is 6.61 Å². The summed E-state index contributed by atoms with van der Waals surface area (Å²) in [5.41, 5.74) is 1.31. The maximum atomic E-state index is 13.0. The van der Waals surface area contributed by atoms with E-state index >= 15 is 0 Å². The second-order valence-corrected chi connectivity index (χ2v) is 4.27. The van der Waals surface area contributed by atoms with E-state index in [-0.39, 0.29) is 12.2 Å². The summed E-state index contributed by atoms with van der Waals surface area (Å²) in [5, 5.41) is 9.42. The molecule has 0 aliphatic carbocycles. The van der Waals surface area contributed by atoms with Gasteiger partial charge < -0.3 is 5.11 Å². The molecule has 0 aliphatic rings. The minimum Gasteiger partial charge on any atom is -0.392 e. The molecule has 0 amide bonds. The summed E-state index contributed by atoms with van der Waals surface area (Å²) in [4.78, 5) is 0. The Morgan fingerprint density at radius 2 is 1.78 bits per heavy atom. The third-order valence-corrected chi connectivity index (χ3v) is 3.03. The van der Waals surface area contributed by atoms with E-state index in [2.05, 4.69) is 0 Å². The monoisotopic (exact) mass is 268 g/mol. The van der Waals surface area contributed by atoms with Crippen LogP contribution in [-0.4, -0.2) is 5.11 Å². The highest BCUT2D eigenvalue weighted by Crippen LogP contribution is 2.35. The Morgan fingerprint density at radius 3 is 2.39 bits per heavy atom. The highest BCUT2D eigenvalue weighted by atomic mass is 35.5. The van der Waals surface area contributed by atoms with Crippen LogP contribution in [0.15, 0.2) is 42.5 Å². The Bertz CT molecular complexity index is 555. The number of alkyl halides is 2. The van der Waals surface area contributed by atoms with Crippen molar-refractivity contribution in [3.05, 3.63) is 58.6 Å². The van der Waals surface area contributed by atoms with Crippen molar-refractivity contribution >= 4 is 11.6 Å². The van der Waals surface area contributed by atoms with Crippen LogP contribution in [0.2, 0.25) is 5.02 Å². The highest BCUT2D eigenvalue weighted by molar-refractivity contribution is 6.33. The Kier molecular flexibility index (Phi) is 3.94. The van der Waals surface area contributed by atoms with Gasteiger partial charge in [-0.3, -0.25) is 0 Å².